The zero-order chi connectivity index (χ0) is 11.4. The molecule has 3 heteroatoms. The van der Waals surface area contributed by atoms with Crippen LogP contribution < -0.4 is 10.1 Å². The van der Waals surface area contributed by atoms with Crippen LogP contribution in [0.25, 0.3) is 0 Å². The number of pyridine rings is 1. The lowest BCUT2D eigenvalue weighted by Crippen LogP contribution is -2.17. The van der Waals surface area contributed by atoms with Gasteiger partial charge in [-0.1, -0.05) is 12.8 Å². The average Bonchev–Trinajstić information content (AvgIpc) is 2.73. The summed E-state index contributed by atoms with van der Waals surface area (Å²) in [5.41, 5.74) is 1.03. The van der Waals surface area contributed by atoms with E-state index >= 15 is 0 Å². The van der Waals surface area contributed by atoms with Crippen molar-refractivity contribution in [2.24, 2.45) is 0 Å². The Balaban J connectivity index is 2.06. The molecule has 0 amide bonds. The molecule has 88 valence electrons. The van der Waals surface area contributed by atoms with Crippen molar-refractivity contribution >= 4 is 5.69 Å². The Labute approximate surface area is 97.2 Å². The maximum atomic E-state index is 5.68. The molecule has 0 atom stereocenters. The standard InChI is InChI=1S/C13H20N2O/c1-10(2)16-13-12(8-5-9-14-13)15-11-6-3-4-7-11/h5,8-11,15H,3-4,6-7H2,1-2H3. The molecule has 1 aromatic rings. The lowest BCUT2D eigenvalue weighted by atomic mass is 10.2. The van der Waals surface area contributed by atoms with Crippen LogP contribution in [0.5, 0.6) is 5.88 Å². The Morgan fingerprint density at radius 2 is 2.12 bits per heavy atom. The minimum absolute atomic E-state index is 0.166. The van der Waals surface area contributed by atoms with Gasteiger partial charge in [0.2, 0.25) is 5.88 Å². The second-order valence-electron chi connectivity index (χ2n) is 4.65. The minimum atomic E-state index is 0.166. The van der Waals surface area contributed by atoms with Crippen LogP contribution in [0.1, 0.15) is 39.5 Å². The lowest BCUT2D eigenvalue weighted by Gasteiger charge is -2.17. The molecule has 3 nitrogen and oxygen atoms in total. The molecule has 0 aliphatic heterocycles. The van der Waals surface area contributed by atoms with Crippen LogP contribution in [0.3, 0.4) is 0 Å². The second-order valence-corrected chi connectivity index (χ2v) is 4.65. The van der Waals surface area contributed by atoms with Crippen LogP contribution in [-0.4, -0.2) is 17.1 Å². The zero-order valence-corrected chi connectivity index (χ0v) is 10.1. The molecule has 1 aliphatic rings. The van der Waals surface area contributed by atoms with Crippen LogP contribution in [0.2, 0.25) is 0 Å². The Morgan fingerprint density at radius 3 is 2.81 bits per heavy atom. The van der Waals surface area contributed by atoms with E-state index in [2.05, 4.69) is 10.3 Å². The van der Waals surface area contributed by atoms with E-state index in [-0.39, 0.29) is 6.10 Å². The van der Waals surface area contributed by atoms with Crippen molar-refractivity contribution in [3.63, 3.8) is 0 Å². The van der Waals surface area contributed by atoms with Gasteiger partial charge in [0, 0.05) is 12.2 Å². The molecule has 1 fully saturated rings. The first-order chi connectivity index (χ1) is 7.75. The number of hydrogen-bond acceptors (Lipinski definition) is 3. The lowest BCUT2D eigenvalue weighted by molar-refractivity contribution is 0.234. The van der Waals surface area contributed by atoms with Gasteiger partial charge in [-0.2, -0.15) is 0 Å². The highest BCUT2D eigenvalue weighted by Gasteiger charge is 2.16. The molecule has 0 radical (unpaired) electrons. The van der Waals surface area contributed by atoms with Crippen LogP contribution >= 0.6 is 0 Å². The third-order valence-electron chi connectivity index (χ3n) is 2.83. The van der Waals surface area contributed by atoms with Gasteiger partial charge in [0.1, 0.15) is 0 Å². The van der Waals surface area contributed by atoms with Gasteiger partial charge < -0.3 is 10.1 Å². The van der Waals surface area contributed by atoms with Crippen molar-refractivity contribution in [2.75, 3.05) is 5.32 Å². The molecular weight excluding hydrogens is 200 g/mol. The van der Waals surface area contributed by atoms with Crippen LogP contribution in [0.4, 0.5) is 5.69 Å². The summed E-state index contributed by atoms with van der Waals surface area (Å²) in [4.78, 5) is 4.28. The molecule has 0 spiro atoms. The third-order valence-corrected chi connectivity index (χ3v) is 2.83. The molecule has 0 aromatic carbocycles. The first-order valence-corrected chi connectivity index (χ1v) is 6.14. The Hall–Kier alpha value is -1.25. The van der Waals surface area contributed by atoms with Gasteiger partial charge in [-0.25, -0.2) is 4.98 Å². The molecule has 1 saturated carbocycles. The molecule has 1 aliphatic carbocycles. The Morgan fingerprint density at radius 1 is 1.38 bits per heavy atom. The highest BCUT2D eigenvalue weighted by atomic mass is 16.5. The molecule has 16 heavy (non-hydrogen) atoms. The van der Waals surface area contributed by atoms with Crippen molar-refractivity contribution in [1.29, 1.82) is 0 Å². The summed E-state index contributed by atoms with van der Waals surface area (Å²) in [7, 11) is 0. The monoisotopic (exact) mass is 220 g/mol. The first-order valence-electron chi connectivity index (χ1n) is 6.14. The Bertz CT molecular complexity index is 332. The summed E-state index contributed by atoms with van der Waals surface area (Å²) in [5, 5.41) is 3.53. The predicted molar refractivity (Wildman–Crippen MR) is 65.9 cm³/mol. The molecule has 1 aromatic heterocycles. The molecule has 0 saturated heterocycles. The number of anilines is 1. The van der Waals surface area contributed by atoms with E-state index in [1.807, 2.05) is 26.0 Å². The van der Waals surface area contributed by atoms with Crippen molar-refractivity contribution in [1.82, 2.24) is 4.98 Å². The van der Waals surface area contributed by atoms with Crippen molar-refractivity contribution in [3.05, 3.63) is 18.3 Å². The highest BCUT2D eigenvalue weighted by molar-refractivity contribution is 5.52. The SMILES string of the molecule is CC(C)Oc1ncccc1NC1CCCC1. The Kier molecular flexibility index (Phi) is 3.65. The third kappa shape index (κ3) is 2.87. The van der Waals surface area contributed by atoms with Gasteiger partial charge in [-0.05, 0) is 38.8 Å². The summed E-state index contributed by atoms with van der Waals surface area (Å²) in [6.45, 7) is 4.04. The van der Waals surface area contributed by atoms with Gasteiger partial charge in [0.25, 0.3) is 0 Å². The number of hydrogen-bond donors (Lipinski definition) is 1. The topological polar surface area (TPSA) is 34.1 Å². The maximum absolute atomic E-state index is 5.68. The molecule has 2 rings (SSSR count). The fraction of sp³-hybridized carbons (Fsp3) is 0.615. The van der Waals surface area contributed by atoms with Crippen molar-refractivity contribution in [2.45, 2.75) is 51.7 Å². The average molecular weight is 220 g/mol. The van der Waals surface area contributed by atoms with E-state index in [1.165, 1.54) is 25.7 Å². The van der Waals surface area contributed by atoms with Gasteiger partial charge >= 0.3 is 0 Å². The molecule has 1 N–H and O–H groups in total. The molecular formula is C13H20N2O. The van der Waals surface area contributed by atoms with E-state index in [4.69, 9.17) is 4.74 Å². The van der Waals surface area contributed by atoms with E-state index in [0.717, 1.165) is 11.6 Å². The van der Waals surface area contributed by atoms with E-state index in [9.17, 15) is 0 Å². The number of rotatable bonds is 4. The fourth-order valence-corrected chi connectivity index (χ4v) is 2.11. The first kappa shape index (κ1) is 11.2. The number of nitrogens with one attached hydrogen (secondary N) is 1. The van der Waals surface area contributed by atoms with E-state index in [1.54, 1.807) is 6.20 Å². The van der Waals surface area contributed by atoms with Crippen molar-refractivity contribution in [3.8, 4) is 5.88 Å². The number of ether oxygens (including phenoxy) is 1. The smallest absolute Gasteiger partial charge is 0.237 e. The molecule has 1 heterocycles. The predicted octanol–water partition coefficient (Wildman–Crippen LogP) is 3.22. The van der Waals surface area contributed by atoms with Gasteiger partial charge in [-0.3, -0.25) is 0 Å². The normalized spacial score (nSPS) is 16.7. The van der Waals surface area contributed by atoms with Gasteiger partial charge in [0.15, 0.2) is 0 Å². The van der Waals surface area contributed by atoms with Crippen LogP contribution in [0, 0.1) is 0 Å². The van der Waals surface area contributed by atoms with Gasteiger partial charge in [-0.15, -0.1) is 0 Å². The summed E-state index contributed by atoms with van der Waals surface area (Å²) in [6.07, 6.45) is 7.12. The second kappa shape index (κ2) is 5.19. The molecule has 0 bridgehead atoms. The minimum Gasteiger partial charge on any atom is -0.473 e. The largest absolute Gasteiger partial charge is 0.473 e. The molecule has 0 unspecified atom stereocenters. The zero-order valence-electron chi connectivity index (χ0n) is 10.1. The number of nitrogens with zero attached hydrogens (tertiary/aromatic N) is 1. The fourth-order valence-electron chi connectivity index (χ4n) is 2.11. The summed E-state index contributed by atoms with van der Waals surface area (Å²) in [5.74, 6) is 0.726. The summed E-state index contributed by atoms with van der Waals surface area (Å²) in [6, 6.07) is 4.59. The van der Waals surface area contributed by atoms with E-state index < -0.39 is 0 Å². The highest BCUT2D eigenvalue weighted by Crippen LogP contribution is 2.27. The van der Waals surface area contributed by atoms with Crippen molar-refractivity contribution < 1.29 is 4.74 Å². The quantitative estimate of drug-likeness (QED) is 0.846. The summed E-state index contributed by atoms with van der Waals surface area (Å²) >= 11 is 0. The van der Waals surface area contributed by atoms with Gasteiger partial charge in [0.05, 0.1) is 11.8 Å². The van der Waals surface area contributed by atoms with Crippen LogP contribution in [-0.2, 0) is 0 Å². The van der Waals surface area contributed by atoms with Crippen LogP contribution in [0.15, 0.2) is 18.3 Å². The summed E-state index contributed by atoms with van der Waals surface area (Å²) < 4.78 is 5.68. The number of aromatic nitrogens is 1. The van der Waals surface area contributed by atoms with E-state index in [0.29, 0.717) is 6.04 Å². The maximum Gasteiger partial charge on any atom is 0.237 e.